The average Bonchev–Trinajstić information content (AvgIpc) is 2.61. The monoisotopic (exact) mass is 296 g/mol. The molecular weight excluding hydrogens is 288 g/mol. The van der Waals surface area contributed by atoms with Crippen molar-refractivity contribution in [3.05, 3.63) is 56.2 Å². The number of hydrogen-bond donors (Lipinski definition) is 1. The van der Waals surface area contributed by atoms with Gasteiger partial charge in [-0.15, -0.1) is 11.3 Å². The minimum absolute atomic E-state index is 0.367. The Morgan fingerprint density at radius 3 is 2.56 bits per heavy atom. The largest absolute Gasteiger partial charge is 0.477 e. The van der Waals surface area contributed by atoms with Crippen LogP contribution in [-0.2, 0) is 6.42 Å². The van der Waals surface area contributed by atoms with Crippen LogP contribution in [-0.4, -0.2) is 11.1 Å². The zero-order valence-electron chi connectivity index (χ0n) is 8.31. The van der Waals surface area contributed by atoms with Crippen LogP contribution >= 0.6 is 27.3 Å². The van der Waals surface area contributed by atoms with Crippen LogP contribution in [0, 0.1) is 0 Å². The smallest absolute Gasteiger partial charge is 0.347 e. The fourth-order valence-corrected chi connectivity index (χ4v) is 3.21. The van der Waals surface area contributed by atoms with E-state index >= 15 is 0 Å². The van der Waals surface area contributed by atoms with Gasteiger partial charge < -0.3 is 5.11 Å². The summed E-state index contributed by atoms with van der Waals surface area (Å²) in [6, 6.07) is 11.9. The maximum absolute atomic E-state index is 10.9. The molecule has 0 aliphatic rings. The summed E-state index contributed by atoms with van der Waals surface area (Å²) in [6.07, 6.45) is 0.775. The van der Waals surface area contributed by atoms with Crippen LogP contribution in [0.15, 0.2) is 40.9 Å². The highest BCUT2D eigenvalue weighted by molar-refractivity contribution is 9.10. The number of benzene rings is 1. The summed E-state index contributed by atoms with van der Waals surface area (Å²) in [5.41, 5.74) is 1.19. The first kappa shape index (κ1) is 11.4. The summed E-state index contributed by atoms with van der Waals surface area (Å²) in [7, 11) is 0. The molecule has 1 aromatic heterocycles. The maximum Gasteiger partial charge on any atom is 0.347 e. The summed E-state index contributed by atoms with van der Waals surface area (Å²) in [5, 5.41) is 8.93. The molecule has 2 nitrogen and oxygen atoms in total. The maximum atomic E-state index is 10.9. The fraction of sp³-hybridized carbons (Fsp3) is 0.0833. The van der Waals surface area contributed by atoms with Crippen molar-refractivity contribution in [3.63, 3.8) is 0 Å². The minimum atomic E-state index is -0.879. The number of carboxylic acids is 1. The van der Waals surface area contributed by atoms with Crippen LogP contribution in [0.5, 0.6) is 0 Å². The first-order chi connectivity index (χ1) is 7.66. The lowest BCUT2D eigenvalue weighted by molar-refractivity contribution is 0.0701. The summed E-state index contributed by atoms with van der Waals surface area (Å²) in [5.74, 6) is -0.879. The second-order valence-electron chi connectivity index (χ2n) is 3.36. The van der Waals surface area contributed by atoms with E-state index in [0.717, 1.165) is 11.3 Å². The highest BCUT2D eigenvalue weighted by Gasteiger charge is 2.13. The number of thiophene rings is 1. The van der Waals surface area contributed by atoms with Crippen molar-refractivity contribution >= 4 is 33.2 Å². The standard InChI is InChI=1S/C12H9BrO2S/c13-10-7-9(16-11(10)12(14)15)6-8-4-2-1-3-5-8/h1-5,7H,6H2,(H,14,15). The fourth-order valence-electron chi connectivity index (χ4n) is 1.45. The molecule has 0 spiro atoms. The van der Waals surface area contributed by atoms with Crippen LogP contribution in [0.25, 0.3) is 0 Å². The van der Waals surface area contributed by atoms with E-state index in [0.29, 0.717) is 9.35 Å². The molecule has 4 heteroatoms. The van der Waals surface area contributed by atoms with Crippen LogP contribution in [0.4, 0.5) is 0 Å². The molecule has 16 heavy (non-hydrogen) atoms. The van der Waals surface area contributed by atoms with E-state index in [1.54, 1.807) is 0 Å². The third kappa shape index (κ3) is 2.51. The lowest BCUT2D eigenvalue weighted by Gasteiger charge is -1.96. The Morgan fingerprint density at radius 2 is 2.00 bits per heavy atom. The van der Waals surface area contributed by atoms with Crippen LogP contribution in [0.1, 0.15) is 20.1 Å². The molecule has 0 aliphatic heterocycles. The van der Waals surface area contributed by atoms with Crippen LogP contribution < -0.4 is 0 Å². The molecule has 0 unspecified atom stereocenters. The molecule has 0 bridgehead atoms. The quantitative estimate of drug-likeness (QED) is 0.935. The highest BCUT2D eigenvalue weighted by atomic mass is 79.9. The predicted octanol–water partition coefficient (Wildman–Crippen LogP) is 3.80. The van der Waals surface area contributed by atoms with Gasteiger partial charge in [-0.3, -0.25) is 0 Å². The molecule has 2 rings (SSSR count). The van der Waals surface area contributed by atoms with Gasteiger partial charge in [-0.25, -0.2) is 4.79 Å². The van der Waals surface area contributed by atoms with Crippen molar-refractivity contribution in [1.82, 2.24) is 0 Å². The lowest BCUT2D eigenvalue weighted by Crippen LogP contribution is -1.91. The van der Waals surface area contributed by atoms with Crippen molar-refractivity contribution in [2.24, 2.45) is 0 Å². The highest BCUT2D eigenvalue weighted by Crippen LogP contribution is 2.28. The van der Waals surface area contributed by atoms with Gasteiger partial charge in [-0.05, 0) is 27.6 Å². The second kappa shape index (κ2) is 4.80. The Balaban J connectivity index is 2.23. The Morgan fingerprint density at radius 1 is 1.31 bits per heavy atom. The Hall–Kier alpha value is -1.13. The molecular formula is C12H9BrO2S. The Bertz CT molecular complexity index is 505. The molecule has 0 saturated heterocycles. The van der Waals surface area contributed by atoms with Crippen molar-refractivity contribution in [3.8, 4) is 0 Å². The average molecular weight is 297 g/mol. The molecule has 2 aromatic rings. The van der Waals surface area contributed by atoms with E-state index in [9.17, 15) is 4.79 Å². The molecule has 0 aliphatic carbocycles. The van der Waals surface area contributed by atoms with Gasteiger partial charge in [-0.2, -0.15) is 0 Å². The number of carbonyl (C=O) groups is 1. The summed E-state index contributed by atoms with van der Waals surface area (Å²) in [6.45, 7) is 0. The van der Waals surface area contributed by atoms with Gasteiger partial charge in [0.2, 0.25) is 0 Å². The van der Waals surface area contributed by atoms with Gasteiger partial charge in [0.25, 0.3) is 0 Å². The number of rotatable bonds is 3. The molecule has 82 valence electrons. The molecule has 0 radical (unpaired) electrons. The predicted molar refractivity (Wildman–Crippen MR) is 68.2 cm³/mol. The van der Waals surface area contributed by atoms with E-state index in [1.807, 2.05) is 36.4 Å². The van der Waals surface area contributed by atoms with E-state index in [-0.39, 0.29) is 0 Å². The zero-order valence-corrected chi connectivity index (χ0v) is 10.7. The van der Waals surface area contributed by atoms with Crippen molar-refractivity contribution < 1.29 is 9.90 Å². The Labute approximate surface area is 106 Å². The second-order valence-corrected chi connectivity index (χ2v) is 5.35. The van der Waals surface area contributed by atoms with E-state index < -0.39 is 5.97 Å². The first-order valence-corrected chi connectivity index (χ1v) is 6.33. The van der Waals surface area contributed by atoms with E-state index in [4.69, 9.17) is 5.11 Å². The van der Waals surface area contributed by atoms with Gasteiger partial charge in [0, 0.05) is 15.8 Å². The van der Waals surface area contributed by atoms with Gasteiger partial charge in [0.1, 0.15) is 4.88 Å². The van der Waals surface area contributed by atoms with E-state index in [2.05, 4.69) is 15.9 Å². The molecule has 0 saturated carbocycles. The Kier molecular flexibility index (Phi) is 3.41. The molecule has 1 N–H and O–H groups in total. The lowest BCUT2D eigenvalue weighted by atomic mass is 10.1. The zero-order chi connectivity index (χ0) is 11.5. The molecule has 0 atom stereocenters. The van der Waals surface area contributed by atoms with Crippen molar-refractivity contribution in [2.75, 3.05) is 0 Å². The van der Waals surface area contributed by atoms with Gasteiger partial charge >= 0.3 is 5.97 Å². The molecule has 0 amide bonds. The van der Waals surface area contributed by atoms with Gasteiger partial charge in [-0.1, -0.05) is 30.3 Å². The SMILES string of the molecule is O=C(O)c1sc(Cc2ccccc2)cc1Br. The third-order valence-corrected chi connectivity index (χ3v) is 4.16. The van der Waals surface area contributed by atoms with Crippen LogP contribution in [0.3, 0.4) is 0 Å². The third-order valence-electron chi connectivity index (χ3n) is 2.15. The summed E-state index contributed by atoms with van der Waals surface area (Å²) < 4.78 is 0.663. The summed E-state index contributed by atoms with van der Waals surface area (Å²) in [4.78, 5) is 12.3. The van der Waals surface area contributed by atoms with Gasteiger partial charge in [0.15, 0.2) is 0 Å². The van der Waals surface area contributed by atoms with Crippen molar-refractivity contribution in [1.29, 1.82) is 0 Å². The van der Waals surface area contributed by atoms with Gasteiger partial charge in [0.05, 0.1) is 0 Å². The van der Waals surface area contributed by atoms with Crippen molar-refractivity contribution in [2.45, 2.75) is 6.42 Å². The summed E-state index contributed by atoms with van der Waals surface area (Å²) >= 11 is 4.58. The number of hydrogen-bond acceptors (Lipinski definition) is 2. The number of carboxylic acid groups (broad SMARTS) is 1. The first-order valence-electron chi connectivity index (χ1n) is 4.72. The number of halogens is 1. The molecule has 1 heterocycles. The molecule has 1 aromatic carbocycles. The van der Waals surface area contributed by atoms with Crippen LogP contribution in [0.2, 0.25) is 0 Å². The topological polar surface area (TPSA) is 37.3 Å². The van der Waals surface area contributed by atoms with E-state index in [1.165, 1.54) is 16.9 Å². The minimum Gasteiger partial charge on any atom is -0.477 e. The molecule has 0 fully saturated rings. The number of aromatic carboxylic acids is 1. The normalized spacial score (nSPS) is 10.3.